The molecule has 2 heterocycles. The van der Waals surface area contributed by atoms with Crippen molar-refractivity contribution in [2.45, 2.75) is 46.1 Å². The van der Waals surface area contributed by atoms with Crippen LogP contribution in [0.15, 0.2) is 30.3 Å². The third-order valence-corrected chi connectivity index (χ3v) is 5.82. The van der Waals surface area contributed by atoms with Crippen molar-refractivity contribution in [3.05, 3.63) is 58.4 Å². The van der Waals surface area contributed by atoms with E-state index in [1.54, 1.807) is 0 Å². The normalized spacial score (nSPS) is 22.7. The predicted molar refractivity (Wildman–Crippen MR) is 105 cm³/mol. The first-order valence-corrected chi connectivity index (χ1v) is 9.46. The number of Topliss-reactive ketones (excluding diaryl/α,β-unsaturated/α-hetero) is 1. The molecule has 5 nitrogen and oxygen atoms in total. The number of hydrogen-bond donors (Lipinski definition) is 2. The molecule has 1 amide bonds. The van der Waals surface area contributed by atoms with Crippen LogP contribution < -0.4 is 0 Å². The van der Waals surface area contributed by atoms with Gasteiger partial charge in [0.15, 0.2) is 5.78 Å². The van der Waals surface area contributed by atoms with Gasteiger partial charge in [0.05, 0.1) is 16.9 Å². The number of benzene rings is 1. The van der Waals surface area contributed by atoms with E-state index in [0.717, 1.165) is 17.7 Å². The number of H-pyrrole nitrogens is 1. The monoisotopic (exact) mass is 368 g/mol. The van der Waals surface area contributed by atoms with Gasteiger partial charge in [-0.2, -0.15) is 0 Å². The van der Waals surface area contributed by atoms with Gasteiger partial charge >= 0.3 is 0 Å². The average Bonchev–Trinajstić information content (AvgIpc) is 2.92. The number of aromatic nitrogens is 1. The molecular weight excluding hydrogens is 340 g/mol. The van der Waals surface area contributed by atoms with Gasteiger partial charge in [-0.05, 0) is 44.7 Å². The maximum absolute atomic E-state index is 13.2. The minimum Gasteiger partial charge on any atom is -0.390 e. The van der Waals surface area contributed by atoms with E-state index in [9.17, 15) is 14.7 Å². The fraction of sp³-hybridized carbons (Fsp3) is 0.455. The molecule has 0 radical (unpaired) electrons. The summed E-state index contributed by atoms with van der Waals surface area (Å²) in [6.45, 7) is 8.02. The summed E-state index contributed by atoms with van der Waals surface area (Å²) in [5.41, 5.74) is 2.87. The van der Waals surface area contributed by atoms with Crippen LogP contribution in [0.2, 0.25) is 0 Å². The molecule has 5 heteroatoms. The summed E-state index contributed by atoms with van der Waals surface area (Å²) >= 11 is 0. The largest absolute Gasteiger partial charge is 0.390 e. The Labute approximate surface area is 160 Å². The highest BCUT2D eigenvalue weighted by Gasteiger charge is 2.39. The van der Waals surface area contributed by atoms with Crippen molar-refractivity contribution in [3.8, 4) is 0 Å². The van der Waals surface area contributed by atoms with Gasteiger partial charge in [-0.1, -0.05) is 30.3 Å². The molecule has 3 rings (SSSR count). The van der Waals surface area contributed by atoms with E-state index in [1.165, 1.54) is 6.92 Å². The first-order valence-electron chi connectivity index (χ1n) is 9.46. The summed E-state index contributed by atoms with van der Waals surface area (Å²) in [6, 6.07) is 10.1. The quantitative estimate of drug-likeness (QED) is 0.814. The van der Waals surface area contributed by atoms with E-state index in [1.807, 2.05) is 43.9 Å². The van der Waals surface area contributed by atoms with Crippen LogP contribution in [0, 0.1) is 19.8 Å². The smallest absolute Gasteiger partial charge is 0.255 e. The van der Waals surface area contributed by atoms with E-state index in [4.69, 9.17) is 0 Å². The Morgan fingerprint density at radius 2 is 1.93 bits per heavy atom. The Morgan fingerprint density at radius 1 is 1.26 bits per heavy atom. The third kappa shape index (κ3) is 3.83. The molecule has 144 valence electrons. The summed E-state index contributed by atoms with van der Waals surface area (Å²) in [4.78, 5) is 29.9. The summed E-state index contributed by atoms with van der Waals surface area (Å²) < 4.78 is 0. The zero-order chi connectivity index (χ0) is 19.8. The molecule has 2 aromatic rings. The molecular formula is C22H28N2O3. The van der Waals surface area contributed by atoms with E-state index in [0.29, 0.717) is 36.3 Å². The first-order chi connectivity index (χ1) is 12.7. The fourth-order valence-electron chi connectivity index (χ4n) is 4.07. The summed E-state index contributed by atoms with van der Waals surface area (Å²) in [6.07, 6.45) is 1.26. The molecule has 0 bridgehead atoms. The van der Waals surface area contributed by atoms with E-state index in [2.05, 4.69) is 17.1 Å². The minimum atomic E-state index is -0.806. The molecule has 1 aromatic carbocycles. The highest BCUT2D eigenvalue weighted by Crippen LogP contribution is 2.32. The number of nitrogens with zero attached hydrogens (tertiary/aromatic N) is 1. The van der Waals surface area contributed by atoms with Gasteiger partial charge in [-0.3, -0.25) is 9.59 Å². The maximum Gasteiger partial charge on any atom is 0.255 e. The zero-order valence-electron chi connectivity index (χ0n) is 16.5. The Hall–Kier alpha value is -2.40. The van der Waals surface area contributed by atoms with Crippen LogP contribution in [0.25, 0.3) is 0 Å². The SMILES string of the molecule is CC(=O)c1[nH]c(C)c(C(=O)N2CC[C@](C)(O)[C@H](Cc3ccccc3)C2)c1C. The van der Waals surface area contributed by atoms with E-state index in [-0.39, 0.29) is 17.6 Å². The molecule has 0 unspecified atom stereocenters. The number of aliphatic hydroxyl groups is 1. The number of piperidine rings is 1. The Morgan fingerprint density at radius 3 is 2.52 bits per heavy atom. The molecule has 0 saturated carbocycles. The number of ketones is 1. The van der Waals surface area contributed by atoms with Crippen LogP contribution in [0.1, 0.15) is 57.9 Å². The molecule has 1 aliphatic rings. The van der Waals surface area contributed by atoms with Crippen molar-refractivity contribution in [2.24, 2.45) is 5.92 Å². The molecule has 1 saturated heterocycles. The van der Waals surface area contributed by atoms with Gasteiger partial charge in [-0.25, -0.2) is 0 Å². The third-order valence-electron chi connectivity index (χ3n) is 5.82. The van der Waals surface area contributed by atoms with Crippen LogP contribution in [0.3, 0.4) is 0 Å². The molecule has 0 aliphatic carbocycles. The van der Waals surface area contributed by atoms with Crippen molar-refractivity contribution in [1.29, 1.82) is 0 Å². The Bertz CT molecular complexity index is 852. The highest BCUT2D eigenvalue weighted by atomic mass is 16.3. The van der Waals surface area contributed by atoms with Crippen LogP contribution in [0.5, 0.6) is 0 Å². The number of carbonyl (C=O) groups is 2. The van der Waals surface area contributed by atoms with E-state index >= 15 is 0 Å². The predicted octanol–water partition coefficient (Wildman–Crippen LogP) is 3.29. The van der Waals surface area contributed by atoms with E-state index < -0.39 is 5.60 Å². The van der Waals surface area contributed by atoms with Crippen molar-refractivity contribution < 1.29 is 14.7 Å². The van der Waals surface area contributed by atoms with Gasteiger partial charge in [0, 0.05) is 31.6 Å². The second kappa shape index (κ2) is 7.31. The summed E-state index contributed by atoms with van der Waals surface area (Å²) in [7, 11) is 0. The number of likely N-dealkylation sites (tertiary alicyclic amines) is 1. The number of rotatable bonds is 4. The number of amides is 1. The molecule has 1 aliphatic heterocycles. The average molecular weight is 368 g/mol. The second-order valence-electron chi connectivity index (χ2n) is 7.93. The molecule has 2 atom stereocenters. The molecule has 2 N–H and O–H groups in total. The minimum absolute atomic E-state index is 0.0376. The molecule has 1 fully saturated rings. The van der Waals surface area contributed by atoms with Crippen LogP contribution >= 0.6 is 0 Å². The molecule has 1 aromatic heterocycles. The van der Waals surface area contributed by atoms with Crippen LogP contribution in [-0.4, -0.2) is 45.4 Å². The van der Waals surface area contributed by atoms with Gasteiger partial charge in [0.25, 0.3) is 5.91 Å². The van der Waals surface area contributed by atoms with Crippen molar-refractivity contribution >= 4 is 11.7 Å². The summed E-state index contributed by atoms with van der Waals surface area (Å²) in [5, 5.41) is 10.9. The lowest BCUT2D eigenvalue weighted by atomic mass is 9.78. The van der Waals surface area contributed by atoms with Gasteiger partial charge in [0.2, 0.25) is 0 Å². The Balaban J connectivity index is 1.83. The number of hydrogen-bond acceptors (Lipinski definition) is 3. The molecule has 0 spiro atoms. The van der Waals surface area contributed by atoms with Crippen LogP contribution in [0.4, 0.5) is 0 Å². The number of aryl methyl sites for hydroxylation is 1. The second-order valence-corrected chi connectivity index (χ2v) is 7.93. The maximum atomic E-state index is 13.2. The number of nitrogens with one attached hydrogen (secondary N) is 1. The molecule has 27 heavy (non-hydrogen) atoms. The number of carbonyl (C=O) groups excluding carboxylic acids is 2. The lowest BCUT2D eigenvalue weighted by molar-refractivity contribution is -0.0507. The van der Waals surface area contributed by atoms with Gasteiger partial charge < -0.3 is 15.0 Å². The van der Waals surface area contributed by atoms with Crippen molar-refractivity contribution in [2.75, 3.05) is 13.1 Å². The van der Waals surface area contributed by atoms with Crippen molar-refractivity contribution in [3.63, 3.8) is 0 Å². The topological polar surface area (TPSA) is 73.4 Å². The van der Waals surface area contributed by atoms with Gasteiger partial charge in [0.1, 0.15) is 0 Å². The van der Waals surface area contributed by atoms with Crippen LogP contribution in [-0.2, 0) is 6.42 Å². The summed E-state index contributed by atoms with van der Waals surface area (Å²) in [5.74, 6) is -0.176. The highest BCUT2D eigenvalue weighted by molar-refractivity contribution is 6.02. The lowest BCUT2D eigenvalue weighted by Crippen LogP contribution is -2.52. The number of aromatic amines is 1. The lowest BCUT2D eigenvalue weighted by Gasteiger charge is -2.43. The fourth-order valence-corrected chi connectivity index (χ4v) is 4.07. The first kappa shape index (κ1) is 19.4. The van der Waals surface area contributed by atoms with Crippen molar-refractivity contribution in [1.82, 2.24) is 9.88 Å². The zero-order valence-corrected chi connectivity index (χ0v) is 16.5. The van der Waals surface area contributed by atoms with Gasteiger partial charge in [-0.15, -0.1) is 0 Å². The standard InChI is InChI=1S/C22H28N2O3/c1-14-19(15(2)23-20(14)16(3)25)21(26)24-11-10-22(4,27)18(13-24)12-17-8-6-5-7-9-17/h5-9,18,23,27H,10-13H2,1-4H3/t18-,22+/m1/s1. The Kier molecular flexibility index (Phi) is 5.24.